The number of aryl methyl sites for hydroxylation is 4. The number of hydrogen-bond acceptors (Lipinski definition) is 26. The van der Waals surface area contributed by atoms with Crippen LogP contribution in [0.5, 0.6) is 11.8 Å². The molecule has 15 rings (SSSR count). The molecular weight excluding hydrogens is 1730 g/mol. The van der Waals surface area contributed by atoms with Crippen LogP contribution in [0.1, 0.15) is 218 Å². The third-order valence-corrected chi connectivity index (χ3v) is 25.0. The number of aliphatic carboxylic acids is 2. The van der Waals surface area contributed by atoms with Crippen LogP contribution in [0, 0.1) is 11.8 Å². The Bertz CT molecular complexity index is 4930. The summed E-state index contributed by atoms with van der Waals surface area (Å²) in [5.41, 5.74) is 10.2. The zero-order valence-corrected chi connectivity index (χ0v) is 79.9. The summed E-state index contributed by atoms with van der Waals surface area (Å²) in [4.78, 5) is 151. The first-order valence-electron chi connectivity index (χ1n) is 47.5. The van der Waals surface area contributed by atoms with Crippen molar-refractivity contribution in [3.05, 3.63) is 208 Å². The van der Waals surface area contributed by atoms with Crippen molar-refractivity contribution in [2.45, 2.75) is 236 Å². The number of aromatic nitrogens is 4. The molecule has 8 aliphatic rings. The number of carbonyl (C=O) groups excluding carboxylic acids is 9. The van der Waals surface area contributed by atoms with Gasteiger partial charge in [0.1, 0.15) is 36.4 Å². The average molecular weight is 1870 g/mol. The summed E-state index contributed by atoms with van der Waals surface area (Å²) in [6.07, 6.45) is 21.9. The van der Waals surface area contributed by atoms with Gasteiger partial charge in [0.25, 0.3) is 0 Å². The largest absolute Gasteiger partial charge is 1.00 e. The van der Waals surface area contributed by atoms with E-state index in [0.717, 1.165) is 162 Å². The van der Waals surface area contributed by atoms with Crippen molar-refractivity contribution in [3.63, 3.8) is 0 Å². The number of ketones is 2. The molecule has 136 heavy (non-hydrogen) atoms. The zero-order chi connectivity index (χ0) is 96.3. The van der Waals surface area contributed by atoms with E-state index in [4.69, 9.17) is 53.0 Å². The van der Waals surface area contributed by atoms with Crippen LogP contribution in [0.2, 0.25) is 0 Å². The first kappa shape index (κ1) is 108. The number of esters is 1. The minimum absolute atomic E-state index is 0. The Labute approximate surface area is 810 Å². The molecule has 0 spiro atoms. The summed E-state index contributed by atoms with van der Waals surface area (Å²) >= 11 is 0. The Kier molecular flexibility index (Phi) is 45.5. The molecule has 6 saturated heterocycles. The number of fused-ring (bicyclic) bond motifs is 2. The number of anilines is 2. The van der Waals surface area contributed by atoms with E-state index in [2.05, 4.69) is 55.1 Å². The molecule has 0 radical (unpaired) electrons. The SMILES string of the molecule is CC(=O)CCCC(=O)N1C(=O)OC[C@H]1Cc1ccccc1.CC(=O)CCCC(=O)O.CC1(CCCC(=O)N2C(=O)OC[C@H]2Cc2ccccc2)OCCO1.COC(=O)CC(CCCN1CC[C@H](CCc2ccc3c(n2)NCCC3)C1=O)c1ccc(OC)nc1.COc1ccc(C(CCCN2CC[C@H](CCc3ccc4c(n3)NCCC4)C2)CC(=O)O)cn1.O=C1[N-][C@H](Cc2ccccc2)CO1.[Li+]. The number of amides is 6. The van der Waals surface area contributed by atoms with Crippen LogP contribution in [-0.2, 0) is 112 Å². The molecule has 7 atom stereocenters. The van der Waals surface area contributed by atoms with E-state index in [1.165, 1.54) is 72.4 Å². The Morgan fingerprint density at radius 2 is 1.04 bits per heavy atom. The maximum atomic E-state index is 13.0. The number of pyridine rings is 4. The van der Waals surface area contributed by atoms with Crippen molar-refractivity contribution in [3.8, 4) is 11.8 Å². The van der Waals surface area contributed by atoms with Gasteiger partial charge >= 0.3 is 49.0 Å². The number of hydrogen-bond donors (Lipinski definition) is 4. The average Bonchev–Trinajstić information content (AvgIpc) is 1.79. The number of nitrogens with zero attached hydrogens (tertiary/aromatic N) is 9. The van der Waals surface area contributed by atoms with E-state index >= 15 is 0 Å². The number of cyclic esters (lactones) is 3. The maximum Gasteiger partial charge on any atom is 1.00 e. The second kappa shape index (κ2) is 57.4. The Morgan fingerprint density at radius 3 is 1.52 bits per heavy atom. The monoisotopic (exact) mass is 1870 g/mol. The van der Waals surface area contributed by atoms with Crippen LogP contribution in [0.25, 0.3) is 5.32 Å². The van der Waals surface area contributed by atoms with E-state index in [1.807, 2.05) is 127 Å². The summed E-state index contributed by atoms with van der Waals surface area (Å²) in [6.45, 7) is 13.7. The molecule has 4 aromatic heterocycles. The van der Waals surface area contributed by atoms with Gasteiger partial charge in [-0.1, -0.05) is 121 Å². The molecule has 2 unspecified atom stereocenters. The van der Waals surface area contributed by atoms with Gasteiger partial charge in [0, 0.05) is 113 Å². The van der Waals surface area contributed by atoms with Gasteiger partial charge in [0.15, 0.2) is 5.79 Å². The van der Waals surface area contributed by atoms with Crippen LogP contribution >= 0.6 is 0 Å². The van der Waals surface area contributed by atoms with Gasteiger partial charge in [-0.25, -0.2) is 39.3 Å². The number of likely N-dealkylation sites (tertiary alicyclic amines) is 2. The normalized spacial score (nSPS) is 18.6. The van der Waals surface area contributed by atoms with Crippen molar-refractivity contribution in [1.29, 1.82) is 0 Å². The van der Waals surface area contributed by atoms with Gasteiger partial charge in [-0.2, -0.15) is 0 Å². The minimum atomic E-state index is -0.837. The van der Waals surface area contributed by atoms with Crippen molar-refractivity contribution < 1.29 is 120 Å². The maximum absolute atomic E-state index is 13.0. The number of imide groups is 2. The fourth-order valence-corrected chi connectivity index (χ4v) is 17.7. The van der Waals surface area contributed by atoms with Crippen LogP contribution in [0.4, 0.5) is 26.0 Å². The minimum Gasteiger partial charge on any atom is -0.612 e. The molecule has 728 valence electrons. The van der Waals surface area contributed by atoms with Gasteiger partial charge in [-0.3, -0.25) is 33.6 Å². The number of carboxylic acid groups (broad SMARTS) is 2. The summed E-state index contributed by atoms with van der Waals surface area (Å²) < 4.78 is 41.0. The summed E-state index contributed by atoms with van der Waals surface area (Å²) in [5.74, 6) is 1.42. The topological polar surface area (TPSA) is 405 Å². The number of ether oxygens (including phenoxy) is 8. The number of Topliss-reactive ketones (excluding diaryl/α,β-unsaturated/α-hetero) is 2. The van der Waals surface area contributed by atoms with Crippen molar-refractivity contribution in [2.75, 3.05) is 111 Å². The summed E-state index contributed by atoms with van der Waals surface area (Å²) in [6, 6.07) is 45.2. The Morgan fingerprint density at radius 1 is 0.544 bits per heavy atom. The van der Waals surface area contributed by atoms with E-state index in [9.17, 15) is 57.8 Å². The second-order valence-corrected chi connectivity index (χ2v) is 35.5. The third kappa shape index (κ3) is 36.7. The van der Waals surface area contributed by atoms with Crippen molar-refractivity contribution >= 4 is 77.1 Å². The second-order valence-electron chi connectivity index (χ2n) is 35.5. The molecule has 6 fully saturated rings. The molecule has 7 aromatic rings. The number of carboxylic acids is 2. The van der Waals surface area contributed by atoms with Crippen molar-refractivity contribution in [2.24, 2.45) is 11.8 Å². The summed E-state index contributed by atoms with van der Waals surface area (Å²) in [7, 11) is 4.57. The zero-order valence-electron chi connectivity index (χ0n) is 79.9. The molecule has 32 nitrogen and oxygen atoms in total. The first-order valence-corrected chi connectivity index (χ1v) is 47.5. The van der Waals surface area contributed by atoms with Crippen LogP contribution in [0.15, 0.2) is 152 Å². The van der Waals surface area contributed by atoms with Gasteiger partial charge < -0.3 is 83.4 Å². The molecule has 33 heteroatoms. The quantitative estimate of drug-likeness (QED) is 0.0157. The fraction of sp³-hybridized carbons (Fsp3) is 0.524. The molecule has 0 bridgehead atoms. The number of methoxy groups -OCH3 is 3. The predicted octanol–water partition coefficient (Wildman–Crippen LogP) is 12.7. The number of carbonyl (C=O) groups is 11. The van der Waals surface area contributed by atoms with E-state index in [0.29, 0.717) is 95.9 Å². The molecule has 0 aliphatic carbocycles. The number of nitrogens with one attached hydrogen (secondary N) is 2. The molecule has 3 aromatic carbocycles. The number of rotatable bonds is 40. The third-order valence-electron chi connectivity index (χ3n) is 25.0. The van der Waals surface area contributed by atoms with Gasteiger partial charge in [0.05, 0.1) is 66.1 Å². The fourth-order valence-electron chi connectivity index (χ4n) is 17.7. The molecule has 4 N–H and O–H groups in total. The molecule has 6 amide bonds. The van der Waals surface area contributed by atoms with Crippen LogP contribution in [-0.4, -0.2) is 239 Å². The van der Waals surface area contributed by atoms with Gasteiger partial charge in [-0.05, 0) is 231 Å². The Balaban J connectivity index is 0.000000191. The first-order chi connectivity index (χ1) is 65.3. The molecule has 8 aliphatic heterocycles. The standard InChI is InChI=1S/C27H36N4O4.C26H36N4O3.C18H23NO5.C16H19NO4.C10H11NO2.C6H10O3.Li/c1-34-24-12-9-22(18-29-24)21(17-25(32)35-2)6-4-15-31-16-13-20(27(31)33)8-11-23-10-7-19-5-3-14-28-26(19)30-23;1-33-24-11-8-22(17-28-24)21(16-25(31)32)5-3-14-30-15-12-19(18-30)6-9-23-10-7-20-4-2-13-27-26(20)29-23;1-18(23-10-11-24-18)9-5-8-16(20)19-15(13-22-17(19)21)12-14-6-3-2-4-7-14;1-12(18)6-5-9-15(19)17-14(11-21-16(17)20)10-13-7-3-2-4-8-13;12-10-11-9(7-13-10)6-8-4-2-1-3-5-8;1-5(7)3-2-4-6(8)9;/h7,9-10,12,18,20-21H,3-6,8,11,13-17H2,1-2H3,(H,28,30);7-8,10-11,17,19,21H,2-6,9,12-16,18H2,1H3,(H,27,29)(H,31,32);2-4,6-7,15H,5,8-13H2,1H3;2-4,7-8,14H,5-6,9-11H2,1H3;1-5,9H,6-7H2,(H,11,12);2-4H2,1H3,(H,8,9);/q;;;;;;+1/p-1/t20-,21?;19-,21?;15-;14-;9-;;/m00111../s1. The van der Waals surface area contributed by atoms with Crippen LogP contribution < -0.4 is 39.0 Å². The van der Waals surface area contributed by atoms with Crippen LogP contribution in [0.3, 0.4) is 0 Å². The predicted molar refractivity (Wildman–Crippen MR) is 506 cm³/mol. The van der Waals surface area contributed by atoms with Crippen molar-refractivity contribution in [1.82, 2.24) is 39.5 Å². The smallest absolute Gasteiger partial charge is 0.612 e. The molecule has 0 saturated carbocycles. The molecule has 12 heterocycles. The van der Waals surface area contributed by atoms with E-state index in [-0.39, 0.29) is 129 Å². The van der Waals surface area contributed by atoms with Gasteiger partial charge in [0.2, 0.25) is 35.6 Å². The van der Waals surface area contributed by atoms with E-state index < -0.39 is 36.0 Å². The molecular formula is C103H134LiN11O21. The summed E-state index contributed by atoms with van der Waals surface area (Å²) in [5, 5.41) is 28.1. The van der Waals surface area contributed by atoms with E-state index in [1.54, 1.807) is 26.6 Å². The Hall–Kier alpha value is -11.7. The van der Waals surface area contributed by atoms with Gasteiger partial charge in [-0.15, -0.1) is 0 Å². The number of benzene rings is 3.